The third-order valence-electron chi connectivity index (χ3n) is 6.20. The van der Waals surface area contributed by atoms with Gasteiger partial charge in [0.25, 0.3) is 0 Å². The predicted molar refractivity (Wildman–Crippen MR) is 141 cm³/mol. The quantitative estimate of drug-likeness (QED) is 0.342. The second-order valence-electron chi connectivity index (χ2n) is 8.70. The summed E-state index contributed by atoms with van der Waals surface area (Å²) in [7, 11) is 3.16. The lowest BCUT2D eigenvalue weighted by Crippen LogP contribution is -2.43. The number of carbonyl (C=O) groups excluding carboxylic acids is 1. The number of nitrogens with one attached hydrogen (secondary N) is 1. The molecule has 2 heterocycles. The molecule has 1 saturated heterocycles. The van der Waals surface area contributed by atoms with Crippen LogP contribution in [-0.4, -0.2) is 60.6 Å². The third-order valence-corrected chi connectivity index (χ3v) is 7.54. The number of thioether (sulfide) groups is 1. The van der Waals surface area contributed by atoms with Crippen molar-refractivity contribution in [3.05, 3.63) is 58.7 Å². The van der Waals surface area contributed by atoms with Gasteiger partial charge in [-0.2, -0.15) is 16.7 Å². The molecule has 1 aliphatic rings. The summed E-state index contributed by atoms with van der Waals surface area (Å²) < 4.78 is 30.0. The minimum Gasteiger partial charge on any atom is -0.493 e. The van der Waals surface area contributed by atoms with Crippen molar-refractivity contribution >= 4 is 29.3 Å². The van der Waals surface area contributed by atoms with Crippen molar-refractivity contribution in [1.29, 1.82) is 0 Å². The molecule has 0 bridgehead atoms. The van der Waals surface area contributed by atoms with Crippen molar-refractivity contribution in [1.82, 2.24) is 20.4 Å². The van der Waals surface area contributed by atoms with Gasteiger partial charge in [-0.05, 0) is 49.7 Å². The number of benzene rings is 2. The van der Waals surface area contributed by atoms with Crippen LogP contribution in [0.15, 0.2) is 40.9 Å². The summed E-state index contributed by atoms with van der Waals surface area (Å²) in [5.41, 5.74) is 1.26. The molecule has 1 aromatic heterocycles. The first-order valence-electron chi connectivity index (χ1n) is 12.0. The van der Waals surface area contributed by atoms with Crippen LogP contribution >= 0.6 is 23.4 Å². The summed E-state index contributed by atoms with van der Waals surface area (Å²) in [5, 5.41) is 7.54. The van der Waals surface area contributed by atoms with Crippen molar-refractivity contribution in [2.45, 2.75) is 25.1 Å². The maximum atomic E-state index is 13.9. The van der Waals surface area contributed by atoms with E-state index in [1.54, 1.807) is 38.5 Å². The van der Waals surface area contributed by atoms with Crippen molar-refractivity contribution in [3.63, 3.8) is 0 Å². The van der Waals surface area contributed by atoms with Crippen LogP contribution in [-0.2, 0) is 17.1 Å². The molecule has 1 unspecified atom stereocenters. The number of likely N-dealkylation sites (tertiary alicyclic amines) is 1. The van der Waals surface area contributed by atoms with E-state index >= 15 is 0 Å². The highest BCUT2D eigenvalue weighted by Crippen LogP contribution is 2.31. The van der Waals surface area contributed by atoms with Crippen LogP contribution in [0.4, 0.5) is 4.39 Å². The van der Waals surface area contributed by atoms with Crippen LogP contribution < -0.4 is 14.8 Å². The van der Waals surface area contributed by atoms with Gasteiger partial charge >= 0.3 is 0 Å². The zero-order valence-corrected chi connectivity index (χ0v) is 22.4. The van der Waals surface area contributed by atoms with Gasteiger partial charge in [-0.25, -0.2) is 4.39 Å². The maximum absolute atomic E-state index is 13.9. The molecule has 4 rings (SSSR count). The lowest BCUT2D eigenvalue weighted by atomic mass is 9.97. The number of methoxy groups -OCH3 is 2. The first-order chi connectivity index (χ1) is 18.0. The number of ether oxygens (including phenoxy) is 2. The summed E-state index contributed by atoms with van der Waals surface area (Å²) in [6.45, 7) is 2.47. The Kier molecular flexibility index (Phi) is 9.65. The SMILES string of the molecule is COc1ccc(-c2noc(CN3CCCC(C(=O)NCCSCc4c(F)cccc4Cl)C3)n2)cc1OC. The number of aromatic nitrogens is 2. The Morgan fingerprint density at radius 3 is 2.89 bits per heavy atom. The van der Waals surface area contributed by atoms with Gasteiger partial charge < -0.3 is 19.3 Å². The average Bonchev–Trinajstić information content (AvgIpc) is 3.38. The number of carbonyl (C=O) groups is 1. The molecular formula is C26H30ClFN4O4S. The van der Waals surface area contributed by atoms with Crippen LogP contribution in [0.1, 0.15) is 24.3 Å². The number of nitrogens with zero attached hydrogens (tertiary/aromatic N) is 3. The normalized spacial score (nSPS) is 15.9. The highest BCUT2D eigenvalue weighted by atomic mass is 35.5. The fraction of sp³-hybridized carbons (Fsp3) is 0.423. The molecule has 1 aliphatic heterocycles. The lowest BCUT2D eigenvalue weighted by molar-refractivity contribution is -0.126. The molecule has 198 valence electrons. The van der Waals surface area contributed by atoms with Crippen molar-refractivity contribution in [3.8, 4) is 22.9 Å². The Labute approximate surface area is 224 Å². The number of amides is 1. The Balaban J connectivity index is 1.23. The van der Waals surface area contributed by atoms with E-state index in [9.17, 15) is 9.18 Å². The van der Waals surface area contributed by atoms with E-state index in [4.69, 9.17) is 25.6 Å². The molecule has 1 atom stereocenters. The average molecular weight is 549 g/mol. The zero-order chi connectivity index (χ0) is 26.2. The van der Waals surface area contributed by atoms with Crippen molar-refractivity contribution < 1.29 is 23.2 Å². The molecule has 11 heteroatoms. The number of halogens is 2. The Morgan fingerprint density at radius 2 is 2.11 bits per heavy atom. The molecule has 1 amide bonds. The highest BCUT2D eigenvalue weighted by Gasteiger charge is 2.27. The third kappa shape index (κ3) is 7.15. The molecule has 1 fully saturated rings. The summed E-state index contributed by atoms with van der Waals surface area (Å²) in [5.74, 6) is 2.95. The van der Waals surface area contributed by atoms with E-state index in [-0.39, 0.29) is 17.6 Å². The van der Waals surface area contributed by atoms with E-state index in [0.717, 1.165) is 24.9 Å². The van der Waals surface area contributed by atoms with Gasteiger partial charge in [-0.1, -0.05) is 22.8 Å². The molecule has 0 aliphatic carbocycles. The number of hydrogen-bond acceptors (Lipinski definition) is 8. The van der Waals surface area contributed by atoms with Crippen LogP contribution in [0.25, 0.3) is 11.4 Å². The summed E-state index contributed by atoms with van der Waals surface area (Å²) in [6.07, 6.45) is 1.75. The molecule has 0 spiro atoms. The largest absolute Gasteiger partial charge is 0.493 e. The zero-order valence-electron chi connectivity index (χ0n) is 20.8. The van der Waals surface area contributed by atoms with Gasteiger partial charge in [-0.3, -0.25) is 9.69 Å². The number of piperidine rings is 1. The smallest absolute Gasteiger partial charge is 0.241 e. The van der Waals surface area contributed by atoms with E-state index in [1.165, 1.54) is 17.8 Å². The molecule has 3 aromatic rings. The molecule has 0 saturated carbocycles. The van der Waals surface area contributed by atoms with E-state index in [0.29, 0.717) is 64.9 Å². The molecule has 2 aromatic carbocycles. The molecule has 0 radical (unpaired) electrons. The van der Waals surface area contributed by atoms with E-state index in [2.05, 4.69) is 20.4 Å². The van der Waals surface area contributed by atoms with E-state index in [1.807, 2.05) is 6.07 Å². The first-order valence-corrected chi connectivity index (χ1v) is 13.6. The minimum atomic E-state index is -0.302. The Hall–Kier alpha value is -2.82. The standard InChI is InChI=1S/C26H30ClFN4O4S/c1-34-22-9-8-17(13-23(22)35-2)25-30-24(36-31-25)15-32-11-4-5-18(14-32)26(33)29-10-12-37-16-19-20(27)6-3-7-21(19)28/h3,6-9,13,18H,4-5,10-12,14-16H2,1-2H3,(H,29,33). The summed E-state index contributed by atoms with van der Waals surface area (Å²) in [4.78, 5) is 19.4. The van der Waals surface area contributed by atoms with Gasteiger partial charge in [0, 0.05) is 40.7 Å². The fourth-order valence-electron chi connectivity index (χ4n) is 4.25. The second kappa shape index (κ2) is 13.1. The predicted octanol–water partition coefficient (Wildman–Crippen LogP) is 4.81. The summed E-state index contributed by atoms with van der Waals surface area (Å²) in [6, 6.07) is 10.1. The minimum absolute atomic E-state index is 0.0331. The highest BCUT2D eigenvalue weighted by molar-refractivity contribution is 7.98. The summed E-state index contributed by atoms with van der Waals surface area (Å²) >= 11 is 7.61. The van der Waals surface area contributed by atoms with Gasteiger partial charge in [0.15, 0.2) is 11.5 Å². The number of rotatable bonds is 11. The Bertz CT molecular complexity index is 1190. The molecule has 1 N–H and O–H groups in total. The Morgan fingerprint density at radius 1 is 1.27 bits per heavy atom. The number of hydrogen-bond donors (Lipinski definition) is 1. The van der Waals surface area contributed by atoms with Crippen LogP contribution in [0, 0.1) is 11.7 Å². The van der Waals surface area contributed by atoms with Crippen LogP contribution in [0.3, 0.4) is 0 Å². The lowest BCUT2D eigenvalue weighted by Gasteiger charge is -2.30. The molecule has 8 nitrogen and oxygen atoms in total. The maximum Gasteiger partial charge on any atom is 0.241 e. The molecular weight excluding hydrogens is 519 g/mol. The first kappa shape index (κ1) is 27.2. The van der Waals surface area contributed by atoms with Crippen molar-refractivity contribution in [2.24, 2.45) is 5.92 Å². The van der Waals surface area contributed by atoms with Gasteiger partial charge in [0.05, 0.1) is 26.7 Å². The molecule has 37 heavy (non-hydrogen) atoms. The monoisotopic (exact) mass is 548 g/mol. The second-order valence-corrected chi connectivity index (χ2v) is 10.2. The van der Waals surface area contributed by atoms with Crippen LogP contribution in [0.5, 0.6) is 11.5 Å². The van der Waals surface area contributed by atoms with Gasteiger partial charge in [0.1, 0.15) is 5.82 Å². The van der Waals surface area contributed by atoms with Crippen molar-refractivity contribution in [2.75, 3.05) is 39.6 Å². The fourth-order valence-corrected chi connectivity index (χ4v) is 5.45. The van der Waals surface area contributed by atoms with Gasteiger partial charge in [-0.15, -0.1) is 0 Å². The van der Waals surface area contributed by atoms with Gasteiger partial charge in [0.2, 0.25) is 17.6 Å². The topological polar surface area (TPSA) is 89.7 Å². The van der Waals surface area contributed by atoms with Crippen LogP contribution in [0.2, 0.25) is 5.02 Å². The van der Waals surface area contributed by atoms with E-state index < -0.39 is 0 Å².